The number of fused-ring (bicyclic) bond motifs is 2. The molecular formula is C23H24FN5O3. The van der Waals surface area contributed by atoms with Crippen molar-refractivity contribution in [3.8, 4) is 5.75 Å². The molecule has 0 radical (unpaired) electrons. The normalized spacial score (nSPS) is 15.6. The number of hydrogen-bond acceptors (Lipinski definition) is 6. The lowest BCUT2D eigenvalue weighted by Crippen LogP contribution is -2.36. The molecule has 2 aliphatic rings. The van der Waals surface area contributed by atoms with Gasteiger partial charge in [0.2, 0.25) is 5.91 Å². The topological polar surface area (TPSA) is 81.8 Å². The van der Waals surface area contributed by atoms with Crippen molar-refractivity contribution in [3.63, 3.8) is 0 Å². The lowest BCUT2D eigenvalue weighted by atomic mass is 9.99. The Hall–Kier alpha value is -3.33. The van der Waals surface area contributed by atoms with E-state index in [9.17, 15) is 9.18 Å². The first kappa shape index (κ1) is 20.6. The van der Waals surface area contributed by atoms with Crippen LogP contribution in [0.5, 0.6) is 5.75 Å². The van der Waals surface area contributed by atoms with Crippen molar-refractivity contribution in [1.82, 2.24) is 24.5 Å². The highest BCUT2D eigenvalue weighted by atomic mass is 19.1. The van der Waals surface area contributed by atoms with E-state index in [-0.39, 0.29) is 18.3 Å². The quantitative estimate of drug-likeness (QED) is 0.588. The molecule has 4 heterocycles. The number of aromatic nitrogens is 4. The fourth-order valence-electron chi connectivity index (χ4n) is 4.46. The maximum absolute atomic E-state index is 14.5. The summed E-state index contributed by atoms with van der Waals surface area (Å²) in [6.45, 7) is 1.83. The Kier molecular flexibility index (Phi) is 5.57. The van der Waals surface area contributed by atoms with Gasteiger partial charge in [-0.05, 0) is 36.1 Å². The molecule has 0 saturated carbocycles. The molecule has 3 aromatic rings. The van der Waals surface area contributed by atoms with Gasteiger partial charge in [-0.25, -0.2) is 9.37 Å². The van der Waals surface area contributed by atoms with Gasteiger partial charge in [-0.15, -0.1) is 10.2 Å². The van der Waals surface area contributed by atoms with Crippen molar-refractivity contribution in [1.29, 1.82) is 0 Å². The number of ether oxygens (including phenoxy) is 2. The molecule has 0 unspecified atom stereocenters. The summed E-state index contributed by atoms with van der Waals surface area (Å²) in [7, 11) is 1.52. The summed E-state index contributed by atoms with van der Waals surface area (Å²) in [5.41, 5.74) is 4.38. The highest BCUT2D eigenvalue weighted by Gasteiger charge is 2.22. The number of carbonyl (C=O) groups excluding carboxylic acids is 1. The van der Waals surface area contributed by atoms with Crippen LogP contribution in [0.4, 0.5) is 4.39 Å². The van der Waals surface area contributed by atoms with Gasteiger partial charge in [0, 0.05) is 50.4 Å². The zero-order chi connectivity index (χ0) is 22.1. The molecule has 166 valence electrons. The van der Waals surface area contributed by atoms with Gasteiger partial charge in [-0.3, -0.25) is 9.20 Å². The van der Waals surface area contributed by atoms with Crippen molar-refractivity contribution in [2.45, 2.75) is 25.7 Å². The Morgan fingerprint density at radius 2 is 2.19 bits per heavy atom. The number of benzene rings is 1. The van der Waals surface area contributed by atoms with Crippen molar-refractivity contribution in [2.24, 2.45) is 0 Å². The molecule has 2 aliphatic heterocycles. The zero-order valence-corrected chi connectivity index (χ0v) is 17.9. The second kappa shape index (κ2) is 8.66. The van der Waals surface area contributed by atoms with E-state index in [0.717, 1.165) is 40.3 Å². The molecule has 0 saturated heterocycles. The molecule has 9 heteroatoms. The van der Waals surface area contributed by atoms with Crippen LogP contribution in [-0.2, 0) is 28.8 Å². The molecule has 8 nitrogen and oxygen atoms in total. The molecule has 0 bridgehead atoms. The summed E-state index contributed by atoms with van der Waals surface area (Å²) in [5.74, 6) is 1.33. The van der Waals surface area contributed by atoms with Gasteiger partial charge in [0.15, 0.2) is 5.65 Å². The third kappa shape index (κ3) is 3.73. The van der Waals surface area contributed by atoms with E-state index in [0.29, 0.717) is 44.5 Å². The van der Waals surface area contributed by atoms with E-state index in [2.05, 4.69) is 15.2 Å². The van der Waals surface area contributed by atoms with E-state index in [1.807, 2.05) is 16.7 Å². The molecule has 0 spiro atoms. The van der Waals surface area contributed by atoms with E-state index in [1.54, 1.807) is 17.3 Å². The Morgan fingerprint density at radius 1 is 1.28 bits per heavy atom. The fraction of sp³-hybridized carbons (Fsp3) is 0.391. The number of hydrogen-bond donors (Lipinski definition) is 0. The van der Waals surface area contributed by atoms with Crippen LogP contribution in [0.3, 0.4) is 0 Å². The van der Waals surface area contributed by atoms with Crippen LogP contribution in [0, 0.1) is 5.82 Å². The van der Waals surface area contributed by atoms with Crippen molar-refractivity contribution >= 4 is 17.1 Å². The SMILES string of the molecule is COCC(=O)N1CC=C(c2cnc(CCc3c(F)ccc4c3CCO4)n3cnnc23)CC1. The van der Waals surface area contributed by atoms with Gasteiger partial charge < -0.3 is 14.4 Å². The second-order valence-electron chi connectivity index (χ2n) is 7.97. The Balaban J connectivity index is 1.37. The van der Waals surface area contributed by atoms with Crippen LogP contribution in [0.15, 0.2) is 30.7 Å². The standard InChI is InChI=1S/C23H24FN5O3/c1-31-13-22(30)28-9-6-15(7-10-28)18-12-25-21(29-14-26-27-23(18)29)5-2-16-17-8-11-32-20(17)4-3-19(16)24/h3-4,6,12,14H,2,5,7-11,13H2,1H3. The summed E-state index contributed by atoms with van der Waals surface area (Å²) >= 11 is 0. The van der Waals surface area contributed by atoms with E-state index >= 15 is 0 Å². The zero-order valence-electron chi connectivity index (χ0n) is 17.9. The summed E-state index contributed by atoms with van der Waals surface area (Å²) < 4.78 is 26.9. The number of carbonyl (C=O) groups is 1. The van der Waals surface area contributed by atoms with Gasteiger partial charge in [0.05, 0.1) is 6.61 Å². The minimum atomic E-state index is -0.203. The summed E-state index contributed by atoms with van der Waals surface area (Å²) in [6.07, 6.45) is 8.01. The van der Waals surface area contributed by atoms with Crippen molar-refractivity contribution in [3.05, 3.63) is 59.1 Å². The Labute approximate surface area is 184 Å². The predicted octanol–water partition coefficient (Wildman–Crippen LogP) is 2.25. The van der Waals surface area contributed by atoms with Crippen LogP contribution in [-0.4, -0.2) is 63.8 Å². The second-order valence-corrected chi connectivity index (χ2v) is 7.97. The number of methoxy groups -OCH3 is 1. The van der Waals surface area contributed by atoms with Crippen molar-refractivity contribution in [2.75, 3.05) is 33.4 Å². The fourth-order valence-corrected chi connectivity index (χ4v) is 4.46. The first-order valence-electron chi connectivity index (χ1n) is 10.7. The van der Waals surface area contributed by atoms with E-state index < -0.39 is 0 Å². The molecule has 1 amide bonds. The molecule has 32 heavy (non-hydrogen) atoms. The van der Waals surface area contributed by atoms with Crippen LogP contribution in [0.1, 0.15) is 28.9 Å². The average Bonchev–Trinajstić information content (AvgIpc) is 3.49. The third-order valence-corrected chi connectivity index (χ3v) is 6.12. The predicted molar refractivity (Wildman–Crippen MR) is 115 cm³/mol. The molecule has 0 N–H and O–H groups in total. The molecule has 5 rings (SSSR count). The average molecular weight is 437 g/mol. The Bertz CT molecular complexity index is 1210. The molecule has 1 aromatic carbocycles. The van der Waals surface area contributed by atoms with Crippen molar-refractivity contribution < 1.29 is 18.7 Å². The minimum Gasteiger partial charge on any atom is -0.493 e. The monoisotopic (exact) mass is 437 g/mol. The maximum Gasteiger partial charge on any atom is 0.248 e. The highest BCUT2D eigenvalue weighted by molar-refractivity contribution is 5.81. The van der Waals surface area contributed by atoms with Crippen LogP contribution in [0.2, 0.25) is 0 Å². The van der Waals surface area contributed by atoms with Gasteiger partial charge >= 0.3 is 0 Å². The lowest BCUT2D eigenvalue weighted by molar-refractivity contribution is -0.134. The first-order valence-corrected chi connectivity index (χ1v) is 10.7. The molecule has 2 aromatic heterocycles. The maximum atomic E-state index is 14.5. The van der Waals surface area contributed by atoms with Crippen LogP contribution >= 0.6 is 0 Å². The largest absolute Gasteiger partial charge is 0.493 e. The van der Waals surface area contributed by atoms with Gasteiger partial charge in [-0.1, -0.05) is 6.08 Å². The number of rotatable bonds is 6. The van der Waals surface area contributed by atoms with Crippen LogP contribution < -0.4 is 4.74 Å². The number of aryl methyl sites for hydroxylation is 1. The highest BCUT2D eigenvalue weighted by Crippen LogP contribution is 2.31. The summed E-state index contributed by atoms with van der Waals surface area (Å²) in [6, 6.07) is 3.18. The molecule has 0 aliphatic carbocycles. The summed E-state index contributed by atoms with van der Waals surface area (Å²) in [4.78, 5) is 18.5. The minimum absolute atomic E-state index is 0.0195. The Morgan fingerprint density at radius 3 is 3.00 bits per heavy atom. The third-order valence-electron chi connectivity index (χ3n) is 6.12. The lowest BCUT2D eigenvalue weighted by Gasteiger charge is -2.26. The molecular weight excluding hydrogens is 413 g/mol. The molecule has 0 fully saturated rings. The van der Waals surface area contributed by atoms with Crippen LogP contribution in [0.25, 0.3) is 11.2 Å². The van der Waals surface area contributed by atoms with Gasteiger partial charge in [0.25, 0.3) is 0 Å². The summed E-state index contributed by atoms with van der Waals surface area (Å²) in [5, 5.41) is 8.39. The number of halogens is 1. The number of nitrogens with zero attached hydrogens (tertiary/aromatic N) is 5. The molecule has 0 atom stereocenters. The van der Waals surface area contributed by atoms with E-state index in [4.69, 9.17) is 9.47 Å². The van der Waals surface area contributed by atoms with Gasteiger partial charge in [-0.2, -0.15) is 0 Å². The number of amides is 1. The first-order chi connectivity index (χ1) is 15.7. The van der Waals surface area contributed by atoms with Gasteiger partial charge in [0.1, 0.15) is 30.3 Å². The van der Waals surface area contributed by atoms with E-state index in [1.165, 1.54) is 13.2 Å². The smallest absolute Gasteiger partial charge is 0.248 e.